The Morgan fingerprint density at radius 1 is 1.06 bits per heavy atom. The van der Waals surface area contributed by atoms with Gasteiger partial charge in [-0.25, -0.2) is 4.98 Å². The van der Waals surface area contributed by atoms with Crippen LogP contribution in [0.4, 0.5) is 5.82 Å². The van der Waals surface area contributed by atoms with Crippen molar-refractivity contribution >= 4 is 16.7 Å². The molecule has 0 fully saturated rings. The second-order valence-corrected chi connectivity index (χ2v) is 4.40. The molecule has 0 unspecified atom stereocenters. The fraction of sp³-hybridized carbons (Fsp3) is 0.143. The highest BCUT2D eigenvalue weighted by Crippen LogP contribution is 2.27. The van der Waals surface area contributed by atoms with E-state index in [-0.39, 0.29) is 0 Å². The minimum absolute atomic E-state index is 0.882. The number of hydrogen-bond acceptors (Lipinski definition) is 3. The number of aromatic nitrogens is 3. The van der Waals surface area contributed by atoms with Gasteiger partial charge in [-0.1, -0.05) is 6.07 Å². The summed E-state index contributed by atoms with van der Waals surface area (Å²) in [7, 11) is 3.95. The van der Waals surface area contributed by atoms with Gasteiger partial charge in [-0.15, -0.1) is 0 Å². The van der Waals surface area contributed by atoms with Gasteiger partial charge >= 0.3 is 0 Å². The van der Waals surface area contributed by atoms with Crippen LogP contribution in [-0.4, -0.2) is 29.0 Å². The summed E-state index contributed by atoms with van der Waals surface area (Å²) in [5.41, 5.74) is 3.12. The Morgan fingerprint density at radius 2 is 1.89 bits per heavy atom. The maximum Gasteiger partial charge on any atom is 0.154 e. The molecule has 0 saturated heterocycles. The maximum atomic E-state index is 4.45. The molecule has 1 aromatic carbocycles. The molecule has 18 heavy (non-hydrogen) atoms. The third kappa shape index (κ3) is 1.72. The summed E-state index contributed by atoms with van der Waals surface area (Å²) in [6.07, 6.45) is 5.38. The Bertz CT molecular complexity index is 685. The van der Waals surface area contributed by atoms with Crippen LogP contribution in [0.15, 0.2) is 42.9 Å². The van der Waals surface area contributed by atoms with Crippen LogP contribution in [0.2, 0.25) is 0 Å². The maximum absolute atomic E-state index is 4.45. The van der Waals surface area contributed by atoms with Gasteiger partial charge in [-0.3, -0.25) is 4.98 Å². The van der Waals surface area contributed by atoms with Crippen LogP contribution in [0.5, 0.6) is 0 Å². The summed E-state index contributed by atoms with van der Waals surface area (Å²) < 4.78 is 0. The number of anilines is 1. The van der Waals surface area contributed by atoms with Gasteiger partial charge in [0.1, 0.15) is 5.69 Å². The Balaban J connectivity index is 2.19. The van der Waals surface area contributed by atoms with Gasteiger partial charge < -0.3 is 9.88 Å². The molecule has 1 N–H and O–H groups in total. The molecule has 90 valence electrons. The lowest BCUT2D eigenvalue weighted by molar-refractivity contribution is 1.04. The fourth-order valence-corrected chi connectivity index (χ4v) is 2.06. The van der Waals surface area contributed by atoms with E-state index < -0.39 is 0 Å². The van der Waals surface area contributed by atoms with Gasteiger partial charge in [-0.2, -0.15) is 0 Å². The Kier molecular flexibility index (Phi) is 2.48. The van der Waals surface area contributed by atoms with Crippen molar-refractivity contribution in [2.24, 2.45) is 0 Å². The second-order valence-electron chi connectivity index (χ2n) is 4.40. The normalized spacial score (nSPS) is 10.8. The molecular weight excluding hydrogens is 224 g/mol. The van der Waals surface area contributed by atoms with E-state index >= 15 is 0 Å². The zero-order valence-electron chi connectivity index (χ0n) is 10.4. The van der Waals surface area contributed by atoms with Crippen molar-refractivity contribution in [3.05, 3.63) is 42.9 Å². The molecule has 0 spiro atoms. The molecular formula is C14H14N4. The molecule has 0 radical (unpaired) electrons. The first-order chi connectivity index (χ1) is 8.75. The summed E-state index contributed by atoms with van der Waals surface area (Å²) in [4.78, 5) is 14.0. The van der Waals surface area contributed by atoms with Crippen LogP contribution >= 0.6 is 0 Å². The minimum Gasteiger partial charge on any atom is -0.361 e. The first-order valence-electron chi connectivity index (χ1n) is 5.81. The summed E-state index contributed by atoms with van der Waals surface area (Å²) in [6.45, 7) is 0. The predicted octanol–water partition coefficient (Wildman–Crippen LogP) is 2.69. The Hall–Kier alpha value is -2.36. The summed E-state index contributed by atoms with van der Waals surface area (Å²) in [6, 6.07) is 8.32. The number of fused-ring (bicyclic) bond motifs is 1. The first kappa shape index (κ1) is 10.8. The van der Waals surface area contributed by atoms with Gasteiger partial charge in [0.2, 0.25) is 0 Å². The second kappa shape index (κ2) is 4.14. The Morgan fingerprint density at radius 3 is 2.72 bits per heavy atom. The zero-order valence-corrected chi connectivity index (χ0v) is 10.4. The third-order valence-corrected chi connectivity index (χ3v) is 2.93. The van der Waals surface area contributed by atoms with Gasteiger partial charge in [0.25, 0.3) is 0 Å². The lowest BCUT2D eigenvalue weighted by Gasteiger charge is -2.14. The van der Waals surface area contributed by atoms with Crippen LogP contribution in [-0.2, 0) is 0 Å². The van der Waals surface area contributed by atoms with Crippen LogP contribution in [0, 0.1) is 0 Å². The number of rotatable bonds is 2. The average Bonchev–Trinajstić information content (AvgIpc) is 2.85. The molecule has 0 atom stereocenters. The van der Waals surface area contributed by atoms with E-state index in [9.17, 15) is 0 Å². The summed E-state index contributed by atoms with van der Waals surface area (Å²) in [5.74, 6) is 0.882. The molecule has 0 bridgehead atoms. The monoisotopic (exact) mass is 238 g/mol. The predicted molar refractivity (Wildman–Crippen MR) is 73.7 cm³/mol. The topological polar surface area (TPSA) is 44.8 Å². The molecule has 4 nitrogen and oxygen atoms in total. The molecule has 3 aromatic rings. The molecule has 3 rings (SSSR count). The lowest BCUT2D eigenvalue weighted by Crippen LogP contribution is -2.12. The van der Waals surface area contributed by atoms with Crippen LogP contribution in [0.25, 0.3) is 22.2 Å². The van der Waals surface area contributed by atoms with Crippen molar-refractivity contribution in [1.82, 2.24) is 15.0 Å². The van der Waals surface area contributed by atoms with Crippen molar-refractivity contribution < 1.29 is 0 Å². The van der Waals surface area contributed by atoms with Gasteiger partial charge in [0, 0.05) is 49.2 Å². The first-order valence-corrected chi connectivity index (χ1v) is 5.81. The Labute approximate surface area is 105 Å². The van der Waals surface area contributed by atoms with Crippen molar-refractivity contribution in [3.8, 4) is 11.3 Å². The molecule has 2 heterocycles. The van der Waals surface area contributed by atoms with E-state index in [1.807, 2.05) is 25.2 Å². The number of hydrogen-bond donors (Lipinski definition) is 1. The lowest BCUT2D eigenvalue weighted by atomic mass is 10.1. The van der Waals surface area contributed by atoms with Crippen LogP contribution in [0.3, 0.4) is 0 Å². The van der Waals surface area contributed by atoms with E-state index in [1.54, 1.807) is 12.4 Å². The molecule has 0 saturated carbocycles. The standard InChI is InChI=1S/C14H14N4/c1-18(2)14-13(16-7-8-17-14)11-3-4-12-10(9-11)5-6-15-12/h3-9,15H,1-2H3. The highest BCUT2D eigenvalue weighted by molar-refractivity contribution is 5.86. The number of H-pyrrole nitrogens is 1. The van der Waals surface area contributed by atoms with Gasteiger partial charge in [0.15, 0.2) is 5.82 Å². The van der Waals surface area contributed by atoms with Crippen molar-refractivity contribution in [2.45, 2.75) is 0 Å². The third-order valence-electron chi connectivity index (χ3n) is 2.93. The van der Waals surface area contributed by atoms with Crippen LogP contribution in [0.1, 0.15) is 0 Å². The van der Waals surface area contributed by atoms with Gasteiger partial charge in [-0.05, 0) is 18.2 Å². The average molecular weight is 238 g/mol. The molecule has 0 aliphatic heterocycles. The molecule has 0 aliphatic carbocycles. The summed E-state index contributed by atoms with van der Waals surface area (Å²) in [5, 5.41) is 1.18. The SMILES string of the molecule is CN(C)c1nccnc1-c1ccc2[nH]ccc2c1. The minimum atomic E-state index is 0.882. The number of nitrogens with zero attached hydrogens (tertiary/aromatic N) is 3. The highest BCUT2D eigenvalue weighted by atomic mass is 15.1. The van der Waals surface area contributed by atoms with Crippen molar-refractivity contribution in [2.75, 3.05) is 19.0 Å². The van der Waals surface area contributed by atoms with E-state index in [2.05, 4.69) is 39.2 Å². The molecule has 2 aromatic heterocycles. The van der Waals surface area contributed by atoms with E-state index in [0.29, 0.717) is 0 Å². The van der Waals surface area contributed by atoms with E-state index in [1.165, 1.54) is 5.39 Å². The van der Waals surface area contributed by atoms with E-state index in [0.717, 1.165) is 22.6 Å². The highest BCUT2D eigenvalue weighted by Gasteiger charge is 2.10. The quantitative estimate of drug-likeness (QED) is 0.746. The summed E-state index contributed by atoms with van der Waals surface area (Å²) >= 11 is 0. The number of aromatic amines is 1. The smallest absolute Gasteiger partial charge is 0.154 e. The largest absolute Gasteiger partial charge is 0.361 e. The van der Waals surface area contributed by atoms with Gasteiger partial charge in [0.05, 0.1) is 0 Å². The van der Waals surface area contributed by atoms with E-state index in [4.69, 9.17) is 0 Å². The fourth-order valence-electron chi connectivity index (χ4n) is 2.06. The van der Waals surface area contributed by atoms with Crippen molar-refractivity contribution in [1.29, 1.82) is 0 Å². The zero-order chi connectivity index (χ0) is 12.5. The van der Waals surface area contributed by atoms with Crippen molar-refractivity contribution in [3.63, 3.8) is 0 Å². The molecule has 0 aliphatic rings. The number of nitrogens with one attached hydrogen (secondary N) is 1. The van der Waals surface area contributed by atoms with Crippen LogP contribution < -0.4 is 4.90 Å². The number of benzene rings is 1. The molecule has 4 heteroatoms. The molecule has 0 amide bonds.